The molecule has 1 saturated heterocycles. The molecular formula is C14H17N3O2. The number of ether oxygens (including phenoxy) is 1. The van der Waals surface area contributed by atoms with Crippen LogP contribution in [0.25, 0.3) is 0 Å². The van der Waals surface area contributed by atoms with E-state index in [1.165, 1.54) is 0 Å². The smallest absolute Gasteiger partial charge is 0.408 e. The standard InChI is InChI=1S/C14H17N3O2/c15-11-14(6-8-16-9-7-14)17-13(18)19-10-12-4-2-1-3-5-12/h1-5,16H,6-10H2,(H,17,18). The zero-order valence-corrected chi connectivity index (χ0v) is 10.7. The first-order valence-corrected chi connectivity index (χ1v) is 6.35. The first kappa shape index (κ1) is 13.4. The van der Waals surface area contributed by atoms with Crippen LogP contribution in [0.15, 0.2) is 30.3 Å². The fourth-order valence-corrected chi connectivity index (χ4v) is 2.07. The summed E-state index contributed by atoms with van der Waals surface area (Å²) < 4.78 is 5.14. The molecule has 19 heavy (non-hydrogen) atoms. The van der Waals surface area contributed by atoms with Gasteiger partial charge in [0.2, 0.25) is 0 Å². The van der Waals surface area contributed by atoms with Crippen molar-refractivity contribution in [3.05, 3.63) is 35.9 Å². The van der Waals surface area contributed by atoms with Crippen molar-refractivity contribution in [3.8, 4) is 6.07 Å². The van der Waals surface area contributed by atoms with E-state index in [4.69, 9.17) is 4.74 Å². The minimum atomic E-state index is -0.793. The predicted octanol–water partition coefficient (Wildman–Crippen LogP) is 1.56. The lowest BCUT2D eigenvalue weighted by Gasteiger charge is -2.31. The number of carbonyl (C=O) groups excluding carboxylic acids is 1. The van der Waals surface area contributed by atoms with Gasteiger partial charge in [-0.2, -0.15) is 5.26 Å². The summed E-state index contributed by atoms with van der Waals surface area (Å²) in [5.74, 6) is 0. The number of alkyl carbamates (subject to hydrolysis) is 1. The van der Waals surface area contributed by atoms with Crippen LogP contribution in [0.2, 0.25) is 0 Å². The van der Waals surface area contributed by atoms with Crippen molar-refractivity contribution >= 4 is 6.09 Å². The van der Waals surface area contributed by atoms with Gasteiger partial charge in [0.15, 0.2) is 0 Å². The average Bonchev–Trinajstić information content (AvgIpc) is 2.47. The Hall–Kier alpha value is -2.06. The molecule has 5 nitrogen and oxygen atoms in total. The fraction of sp³-hybridized carbons (Fsp3) is 0.429. The number of amides is 1. The average molecular weight is 259 g/mol. The molecule has 1 aliphatic heterocycles. The van der Waals surface area contributed by atoms with E-state index in [0.717, 1.165) is 18.7 Å². The van der Waals surface area contributed by atoms with Gasteiger partial charge in [-0.15, -0.1) is 0 Å². The van der Waals surface area contributed by atoms with Crippen LogP contribution < -0.4 is 10.6 Å². The molecule has 5 heteroatoms. The summed E-state index contributed by atoms with van der Waals surface area (Å²) in [6.07, 6.45) is 0.667. The molecule has 1 aromatic carbocycles. The maximum Gasteiger partial charge on any atom is 0.408 e. The maximum atomic E-state index is 11.7. The molecule has 0 aromatic heterocycles. The summed E-state index contributed by atoms with van der Waals surface area (Å²) in [6, 6.07) is 11.7. The normalized spacial score (nSPS) is 17.2. The van der Waals surface area contributed by atoms with Gasteiger partial charge in [-0.3, -0.25) is 0 Å². The Balaban J connectivity index is 1.85. The van der Waals surface area contributed by atoms with Crippen LogP contribution in [-0.4, -0.2) is 24.7 Å². The Bertz CT molecular complexity index is 461. The van der Waals surface area contributed by atoms with Gasteiger partial charge in [0, 0.05) is 0 Å². The van der Waals surface area contributed by atoms with Crippen LogP contribution in [0.3, 0.4) is 0 Å². The Morgan fingerprint density at radius 1 is 1.37 bits per heavy atom. The van der Waals surface area contributed by atoms with E-state index in [1.54, 1.807) is 0 Å². The summed E-state index contributed by atoms with van der Waals surface area (Å²) in [6.45, 7) is 1.67. The fourth-order valence-electron chi connectivity index (χ4n) is 2.07. The zero-order chi connectivity index (χ0) is 13.6. The highest BCUT2D eigenvalue weighted by Gasteiger charge is 2.34. The van der Waals surface area contributed by atoms with Crippen molar-refractivity contribution < 1.29 is 9.53 Å². The Labute approximate surface area is 112 Å². The van der Waals surface area contributed by atoms with Crippen molar-refractivity contribution in [2.75, 3.05) is 13.1 Å². The maximum absolute atomic E-state index is 11.7. The third kappa shape index (κ3) is 3.70. The number of hydrogen-bond acceptors (Lipinski definition) is 4. The molecule has 1 amide bonds. The Morgan fingerprint density at radius 2 is 2.05 bits per heavy atom. The van der Waals surface area contributed by atoms with Gasteiger partial charge in [-0.1, -0.05) is 30.3 Å². The molecule has 1 aromatic rings. The van der Waals surface area contributed by atoms with E-state index >= 15 is 0 Å². The topological polar surface area (TPSA) is 74.2 Å². The van der Waals surface area contributed by atoms with Crippen LogP contribution in [0.1, 0.15) is 18.4 Å². The number of benzene rings is 1. The molecule has 1 aliphatic rings. The highest BCUT2D eigenvalue weighted by Crippen LogP contribution is 2.17. The highest BCUT2D eigenvalue weighted by molar-refractivity contribution is 5.69. The number of carbonyl (C=O) groups is 1. The molecule has 0 bridgehead atoms. The van der Waals surface area contributed by atoms with E-state index in [2.05, 4.69) is 16.7 Å². The van der Waals surface area contributed by atoms with E-state index in [1.807, 2.05) is 30.3 Å². The molecular weight excluding hydrogens is 242 g/mol. The molecule has 2 rings (SSSR count). The number of nitriles is 1. The molecule has 0 spiro atoms. The zero-order valence-electron chi connectivity index (χ0n) is 10.7. The number of piperidine rings is 1. The van der Waals surface area contributed by atoms with Gasteiger partial charge in [-0.05, 0) is 31.5 Å². The van der Waals surface area contributed by atoms with Crippen LogP contribution in [0.5, 0.6) is 0 Å². The lowest BCUT2D eigenvalue weighted by atomic mass is 9.90. The van der Waals surface area contributed by atoms with Crippen LogP contribution >= 0.6 is 0 Å². The van der Waals surface area contributed by atoms with Crippen molar-refractivity contribution in [1.29, 1.82) is 5.26 Å². The van der Waals surface area contributed by atoms with E-state index in [9.17, 15) is 10.1 Å². The molecule has 0 saturated carbocycles. The van der Waals surface area contributed by atoms with Crippen molar-refractivity contribution in [2.24, 2.45) is 0 Å². The second-order valence-corrected chi connectivity index (χ2v) is 4.63. The lowest BCUT2D eigenvalue weighted by molar-refractivity contribution is 0.127. The van der Waals surface area contributed by atoms with Gasteiger partial charge in [0.1, 0.15) is 12.1 Å². The van der Waals surface area contributed by atoms with Gasteiger partial charge in [0.05, 0.1) is 6.07 Å². The second kappa shape index (κ2) is 6.21. The third-order valence-electron chi connectivity index (χ3n) is 3.23. The summed E-state index contributed by atoms with van der Waals surface area (Å²) in [4.78, 5) is 11.7. The Kier molecular flexibility index (Phi) is 4.37. The van der Waals surface area contributed by atoms with Crippen molar-refractivity contribution in [2.45, 2.75) is 25.0 Å². The molecule has 1 heterocycles. The predicted molar refractivity (Wildman–Crippen MR) is 70.2 cm³/mol. The largest absolute Gasteiger partial charge is 0.445 e. The van der Waals surface area contributed by atoms with E-state index in [0.29, 0.717) is 12.8 Å². The SMILES string of the molecule is N#CC1(NC(=O)OCc2ccccc2)CCNCC1. The monoisotopic (exact) mass is 259 g/mol. The second-order valence-electron chi connectivity index (χ2n) is 4.63. The van der Waals surface area contributed by atoms with Gasteiger partial charge < -0.3 is 15.4 Å². The highest BCUT2D eigenvalue weighted by atomic mass is 16.5. The molecule has 2 N–H and O–H groups in total. The molecule has 0 aliphatic carbocycles. The summed E-state index contributed by atoms with van der Waals surface area (Å²) >= 11 is 0. The minimum absolute atomic E-state index is 0.215. The number of nitrogens with one attached hydrogen (secondary N) is 2. The molecule has 0 atom stereocenters. The summed E-state index contributed by atoms with van der Waals surface area (Å²) in [7, 11) is 0. The van der Waals surface area contributed by atoms with E-state index < -0.39 is 11.6 Å². The summed E-state index contributed by atoms with van der Waals surface area (Å²) in [5, 5.41) is 15.1. The molecule has 100 valence electrons. The molecule has 0 radical (unpaired) electrons. The first-order chi connectivity index (χ1) is 9.24. The van der Waals surface area contributed by atoms with Crippen molar-refractivity contribution in [1.82, 2.24) is 10.6 Å². The summed E-state index contributed by atoms with van der Waals surface area (Å²) in [5.41, 5.74) is 0.132. The van der Waals surface area contributed by atoms with Crippen LogP contribution in [0, 0.1) is 11.3 Å². The number of nitrogens with zero attached hydrogens (tertiary/aromatic N) is 1. The van der Waals surface area contributed by atoms with Crippen LogP contribution in [-0.2, 0) is 11.3 Å². The minimum Gasteiger partial charge on any atom is -0.445 e. The Morgan fingerprint density at radius 3 is 2.68 bits per heavy atom. The number of rotatable bonds is 3. The first-order valence-electron chi connectivity index (χ1n) is 6.35. The molecule has 0 unspecified atom stereocenters. The van der Waals surface area contributed by atoms with Gasteiger partial charge >= 0.3 is 6.09 Å². The van der Waals surface area contributed by atoms with Gasteiger partial charge in [-0.25, -0.2) is 4.79 Å². The van der Waals surface area contributed by atoms with Crippen molar-refractivity contribution in [3.63, 3.8) is 0 Å². The lowest BCUT2D eigenvalue weighted by Crippen LogP contribution is -2.53. The third-order valence-corrected chi connectivity index (χ3v) is 3.23. The van der Waals surface area contributed by atoms with Crippen LogP contribution in [0.4, 0.5) is 4.79 Å². The quantitative estimate of drug-likeness (QED) is 0.864. The number of hydrogen-bond donors (Lipinski definition) is 2. The molecule has 1 fully saturated rings. The van der Waals surface area contributed by atoms with Gasteiger partial charge in [0.25, 0.3) is 0 Å². The van der Waals surface area contributed by atoms with E-state index in [-0.39, 0.29) is 6.61 Å².